The van der Waals surface area contributed by atoms with Gasteiger partial charge < -0.3 is 15.1 Å². The van der Waals surface area contributed by atoms with Crippen LogP contribution in [0.25, 0.3) is 0 Å². The molecule has 0 radical (unpaired) electrons. The van der Waals surface area contributed by atoms with E-state index in [0.717, 1.165) is 37.0 Å². The molecule has 3 rings (SSSR count). The maximum absolute atomic E-state index is 12.2. The number of carbonyl (C=O) groups is 2. The van der Waals surface area contributed by atoms with Crippen molar-refractivity contribution in [3.05, 3.63) is 59.5 Å². The first-order chi connectivity index (χ1) is 13.9. The van der Waals surface area contributed by atoms with E-state index in [4.69, 9.17) is 4.42 Å². The second kappa shape index (κ2) is 9.74. The van der Waals surface area contributed by atoms with Crippen LogP contribution < -0.4 is 10.6 Å². The van der Waals surface area contributed by atoms with Crippen molar-refractivity contribution in [2.75, 3.05) is 13.1 Å². The average Bonchev–Trinajstić information content (AvgIpc) is 3.21. The normalized spacial score (nSPS) is 20.8. The van der Waals surface area contributed by atoms with Crippen molar-refractivity contribution in [2.24, 2.45) is 11.8 Å². The number of benzene rings is 1. The zero-order chi connectivity index (χ0) is 20.8. The number of likely N-dealkylation sites (tertiary alicyclic amines) is 1. The van der Waals surface area contributed by atoms with E-state index >= 15 is 0 Å². The van der Waals surface area contributed by atoms with Gasteiger partial charge in [-0.2, -0.15) is 0 Å². The fraction of sp³-hybridized carbons (Fsp3) is 0.478. The molecule has 29 heavy (non-hydrogen) atoms. The first kappa shape index (κ1) is 21.1. The lowest BCUT2D eigenvalue weighted by Gasteiger charge is -2.35. The Morgan fingerprint density at radius 2 is 1.76 bits per heavy atom. The summed E-state index contributed by atoms with van der Waals surface area (Å²) in [5.41, 5.74) is 2.33. The van der Waals surface area contributed by atoms with Crippen LogP contribution in [0.2, 0.25) is 0 Å². The van der Waals surface area contributed by atoms with Gasteiger partial charge >= 0.3 is 0 Å². The first-order valence-electron chi connectivity index (χ1n) is 10.3. The highest BCUT2D eigenvalue weighted by atomic mass is 16.3. The van der Waals surface area contributed by atoms with E-state index in [2.05, 4.69) is 53.6 Å². The summed E-state index contributed by atoms with van der Waals surface area (Å²) in [6.07, 6.45) is 2.74. The second-order valence-electron chi connectivity index (χ2n) is 8.35. The monoisotopic (exact) mass is 397 g/mol. The third-order valence-electron chi connectivity index (χ3n) is 5.33. The van der Waals surface area contributed by atoms with Crippen molar-refractivity contribution in [1.29, 1.82) is 0 Å². The summed E-state index contributed by atoms with van der Waals surface area (Å²) in [6.45, 7) is 10.0. The highest BCUT2D eigenvalue weighted by Crippen LogP contribution is 2.22. The molecule has 2 aromatic rings. The summed E-state index contributed by atoms with van der Waals surface area (Å²) >= 11 is 0. The Labute approximate surface area is 172 Å². The summed E-state index contributed by atoms with van der Waals surface area (Å²) in [5, 5.41) is 5.50. The Bertz CT molecular complexity index is 791. The molecule has 2 amide bonds. The molecule has 1 aliphatic rings. The molecule has 1 aromatic heterocycles. The molecule has 2 heterocycles. The summed E-state index contributed by atoms with van der Waals surface area (Å²) < 4.78 is 5.04. The van der Waals surface area contributed by atoms with Crippen LogP contribution in [0, 0.1) is 11.8 Å². The number of nitrogens with one attached hydrogen (secondary N) is 2. The Morgan fingerprint density at radius 1 is 1.10 bits per heavy atom. The SMILES string of the molecule is C[C@@H]1C[C@@H](C)CN(Cc2ccc(CNC(=O)[C@@H](C)NC(=O)c3ccco3)cc2)C1. The molecule has 3 atom stereocenters. The summed E-state index contributed by atoms with van der Waals surface area (Å²) in [4.78, 5) is 26.7. The topological polar surface area (TPSA) is 74.6 Å². The quantitative estimate of drug-likeness (QED) is 0.752. The number of hydrogen-bond acceptors (Lipinski definition) is 4. The minimum Gasteiger partial charge on any atom is -0.459 e. The molecule has 6 heteroatoms. The minimum absolute atomic E-state index is 0.192. The lowest BCUT2D eigenvalue weighted by molar-refractivity contribution is -0.122. The molecule has 0 saturated carbocycles. The van der Waals surface area contributed by atoms with Gasteiger partial charge in [0.25, 0.3) is 5.91 Å². The molecule has 156 valence electrons. The Morgan fingerprint density at radius 3 is 2.38 bits per heavy atom. The van der Waals surface area contributed by atoms with Crippen LogP contribution >= 0.6 is 0 Å². The Kier molecular flexibility index (Phi) is 7.09. The number of hydrogen-bond donors (Lipinski definition) is 2. The standard InChI is InChI=1S/C23H31N3O3/c1-16-11-17(2)14-26(13-16)15-20-8-6-19(7-9-20)12-24-22(27)18(3)25-23(28)21-5-4-10-29-21/h4-10,16-18H,11-15H2,1-3H3,(H,24,27)(H,25,28)/t16-,17-,18-/m1/s1. The largest absolute Gasteiger partial charge is 0.459 e. The van der Waals surface area contributed by atoms with E-state index in [-0.39, 0.29) is 11.7 Å². The second-order valence-corrected chi connectivity index (χ2v) is 8.35. The maximum atomic E-state index is 12.2. The summed E-state index contributed by atoms with van der Waals surface area (Å²) in [6, 6.07) is 10.9. The van der Waals surface area contributed by atoms with E-state index in [1.165, 1.54) is 18.2 Å². The average molecular weight is 398 g/mol. The number of amides is 2. The minimum atomic E-state index is -0.644. The summed E-state index contributed by atoms with van der Waals surface area (Å²) in [5.74, 6) is 1.07. The zero-order valence-corrected chi connectivity index (χ0v) is 17.5. The molecule has 2 N–H and O–H groups in total. The van der Waals surface area contributed by atoms with Crippen LogP contribution in [0.1, 0.15) is 48.9 Å². The van der Waals surface area contributed by atoms with Crippen LogP contribution in [0.3, 0.4) is 0 Å². The van der Waals surface area contributed by atoms with Crippen LogP contribution in [-0.2, 0) is 17.9 Å². The number of nitrogens with zero attached hydrogens (tertiary/aromatic N) is 1. The lowest BCUT2D eigenvalue weighted by Crippen LogP contribution is -2.44. The third kappa shape index (κ3) is 6.19. The van der Waals surface area contributed by atoms with Crippen molar-refractivity contribution >= 4 is 11.8 Å². The van der Waals surface area contributed by atoms with Gasteiger partial charge in [-0.15, -0.1) is 0 Å². The molecule has 0 aliphatic carbocycles. The smallest absolute Gasteiger partial charge is 0.287 e. The lowest BCUT2D eigenvalue weighted by atomic mass is 9.91. The number of piperidine rings is 1. The van der Waals surface area contributed by atoms with Crippen LogP contribution in [0.4, 0.5) is 0 Å². The highest BCUT2D eigenvalue weighted by Gasteiger charge is 2.21. The van der Waals surface area contributed by atoms with Crippen molar-refractivity contribution in [1.82, 2.24) is 15.5 Å². The molecule has 1 aromatic carbocycles. The van der Waals surface area contributed by atoms with Gasteiger partial charge in [0.15, 0.2) is 5.76 Å². The van der Waals surface area contributed by atoms with Crippen molar-refractivity contribution in [2.45, 2.75) is 46.3 Å². The van der Waals surface area contributed by atoms with Crippen molar-refractivity contribution < 1.29 is 14.0 Å². The Balaban J connectivity index is 1.44. The van der Waals surface area contributed by atoms with E-state index in [1.54, 1.807) is 19.1 Å². The van der Waals surface area contributed by atoms with E-state index in [9.17, 15) is 9.59 Å². The van der Waals surface area contributed by atoms with Gasteiger partial charge in [-0.1, -0.05) is 38.1 Å². The fourth-order valence-electron chi connectivity index (χ4n) is 4.03. The van der Waals surface area contributed by atoms with Gasteiger partial charge in [-0.05, 0) is 48.4 Å². The van der Waals surface area contributed by atoms with E-state index in [1.807, 2.05) is 0 Å². The van der Waals surface area contributed by atoms with Gasteiger partial charge in [0, 0.05) is 26.2 Å². The van der Waals surface area contributed by atoms with Crippen molar-refractivity contribution in [3.8, 4) is 0 Å². The predicted molar refractivity (Wildman–Crippen MR) is 112 cm³/mol. The molecule has 1 fully saturated rings. The molecular weight excluding hydrogens is 366 g/mol. The zero-order valence-electron chi connectivity index (χ0n) is 17.5. The van der Waals surface area contributed by atoms with Gasteiger partial charge in [-0.25, -0.2) is 0 Å². The van der Waals surface area contributed by atoms with E-state index in [0.29, 0.717) is 6.54 Å². The number of carbonyl (C=O) groups excluding carboxylic acids is 2. The first-order valence-corrected chi connectivity index (χ1v) is 10.3. The number of rotatable bonds is 7. The van der Waals surface area contributed by atoms with Crippen molar-refractivity contribution in [3.63, 3.8) is 0 Å². The molecular formula is C23H31N3O3. The van der Waals surface area contributed by atoms with Crippen LogP contribution in [-0.4, -0.2) is 35.8 Å². The van der Waals surface area contributed by atoms with Gasteiger partial charge in [0.05, 0.1) is 6.26 Å². The number of furan rings is 1. The van der Waals surface area contributed by atoms with E-state index < -0.39 is 11.9 Å². The third-order valence-corrected chi connectivity index (χ3v) is 5.33. The van der Waals surface area contributed by atoms with Crippen LogP contribution in [0.15, 0.2) is 47.1 Å². The predicted octanol–water partition coefficient (Wildman–Crippen LogP) is 3.19. The molecule has 1 aliphatic heterocycles. The molecule has 0 bridgehead atoms. The molecule has 6 nitrogen and oxygen atoms in total. The van der Waals surface area contributed by atoms with Gasteiger partial charge in [0.1, 0.15) is 6.04 Å². The highest BCUT2D eigenvalue weighted by molar-refractivity contribution is 5.95. The van der Waals surface area contributed by atoms with Gasteiger partial charge in [-0.3, -0.25) is 14.5 Å². The summed E-state index contributed by atoms with van der Waals surface area (Å²) in [7, 11) is 0. The maximum Gasteiger partial charge on any atom is 0.287 e. The Hall–Kier alpha value is -2.60. The molecule has 0 unspecified atom stereocenters. The molecule has 1 saturated heterocycles. The van der Waals surface area contributed by atoms with Crippen LogP contribution in [0.5, 0.6) is 0 Å². The van der Waals surface area contributed by atoms with Gasteiger partial charge in [0.2, 0.25) is 5.91 Å². The molecule has 0 spiro atoms. The fourth-order valence-corrected chi connectivity index (χ4v) is 4.03.